The van der Waals surface area contributed by atoms with E-state index in [0.717, 1.165) is 5.56 Å². The molecule has 0 bridgehead atoms. The number of hydrogen-bond donors (Lipinski definition) is 1. The van der Waals surface area contributed by atoms with E-state index in [2.05, 4.69) is 26.1 Å². The number of rotatable bonds is 2. The van der Waals surface area contributed by atoms with Crippen LogP contribution in [0.15, 0.2) is 18.2 Å². The van der Waals surface area contributed by atoms with Crippen molar-refractivity contribution in [2.45, 2.75) is 26.2 Å². The molecule has 1 amide bonds. The molecule has 0 aliphatic heterocycles. The number of carbonyl (C=O) groups excluding carboxylic acids is 1. The van der Waals surface area contributed by atoms with Crippen molar-refractivity contribution >= 4 is 5.91 Å². The van der Waals surface area contributed by atoms with Crippen LogP contribution in [-0.4, -0.2) is 20.1 Å². The van der Waals surface area contributed by atoms with Crippen LogP contribution in [0.1, 0.15) is 36.7 Å². The number of hydrogen-bond acceptors (Lipinski definition) is 2. The van der Waals surface area contributed by atoms with Gasteiger partial charge in [0.1, 0.15) is 5.75 Å². The zero-order valence-corrected chi connectivity index (χ0v) is 10.5. The Morgan fingerprint density at radius 3 is 2.38 bits per heavy atom. The van der Waals surface area contributed by atoms with Crippen molar-refractivity contribution in [2.24, 2.45) is 0 Å². The van der Waals surface area contributed by atoms with E-state index in [1.807, 2.05) is 12.1 Å². The fourth-order valence-corrected chi connectivity index (χ4v) is 1.63. The SMILES string of the molecule is CNC(=O)c1cc(OC)ccc1C(C)(C)C. The van der Waals surface area contributed by atoms with Gasteiger partial charge in [-0.05, 0) is 23.1 Å². The number of amides is 1. The summed E-state index contributed by atoms with van der Waals surface area (Å²) in [7, 11) is 3.23. The lowest BCUT2D eigenvalue weighted by molar-refractivity contribution is 0.0960. The van der Waals surface area contributed by atoms with E-state index in [-0.39, 0.29) is 11.3 Å². The lowest BCUT2D eigenvalue weighted by Crippen LogP contribution is -2.24. The van der Waals surface area contributed by atoms with Gasteiger partial charge in [-0.25, -0.2) is 0 Å². The van der Waals surface area contributed by atoms with Gasteiger partial charge in [0, 0.05) is 12.6 Å². The minimum absolute atomic E-state index is 0.0614. The highest BCUT2D eigenvalue weighted by atomic mass is 16.5. The zero-order chi connectivity index (χ0) is 12.3. The van der Waals surface area contributed by atoms with Crippen molar-refractivity contribution in [1.82, 2.24) is 5.32 Å². The molecule has 1 N–H and O–H groups in total. The number of methoxy groups -OCH3 is 1. The molecule has 0 aliphatic rings. The third kappa shape index (κ3) is 2.54. The van der Waals surface area contributed by atoms with E-state index in [1.54, 1.807) is 20.2 Å². The minimum Gasteiger partial charge on any atom is -0.497 e. The quantitative estimate of drug-likeness (QED) is 0.832. The third-order valence-corrected chi connectivity index (χ3v) is 2.51. The standard InChI is InChI=1S/C13H19NO2/c1-13(2,3)11-7-6-9(16-5)8-10(11)12(15)14-4/h6-8H,1-5H3,(H,14,15). The molecule has 3 nitrogen and oxygen atoms in total. The van der Waals surface area contributed by atoms with Gasteiger partial charge in [-0.15, -0.1) is 0 Å². The zero-order valence-electron chi connectivity index (χ0n) is 10.5. The summed E-state index contributed by atoms with van der Waals surface area (Å²) in [5, 5.41) is 2.65. The molecule has 0 radical (unpaired) electrons. The molecular weight excluding hydrogens is 202 g/mol. The summed E-state index contributed by atoms with van der Waals surface area (Å²) >= 11 is 0. The smallest absolute Gasteiger partial charge is 0.251 e. The Bertz CT molecular complexity index is 391. The Hall–Kier alpha value is -1.51. The first-order valence-corrected chi connectivity index (χ1v) is 5.30. The van der Waals surface area contributed by atoms with E-state index >= 15 is 0 Å². The number of ether oxygens (including phenoxy) is 1. The fourth-order valence-electron chi connectivity index (χ4n) is 1.63. The minimum atomic E-state index is -0.0798. The van der Waals surface area contributed by atoms with Crippen molar-refractivity contribution in [3.8, 4) is 5.75 Å². The van der Waals surface area contributed by atoms with Gasteiger partial charge in [0.25, 0.3) is 5.91 Å². The molecular formula is C13H19NO2. The van der Waals surface area contributed by atoms with Crippen molar-refractivity contribution in [1.29, 1.82) is 0 Å². The molecule has 16 heavy (non-hydrogen) atoms. The van der Waals surface area contributed by atoms with Crippen molar-refractivity contribution in [2.75, 3.05) is 14.2 Å². The Balaban J connectivity index is 3.33. The predicted octanol–water partition coefficient (Wildman–Crippen LogP) is 2.35. The highest BCUT2D eigenvalue weighted by molar-refractivity contribution is 5.96. The highest BCUT2D eigenvalue weighted by Gasteiger charge is 2.21. The fraction of sp³-hybridized carbons (Fsp3) is 0.462. The molecule has 0 spiro atoms. The van der Waals surface area contributed by atoms with Gasteiger partial charge in [-0.1, -0.05) is 26.8 Å². The maximum atomic E-state index is 11.8. The van der Waals surface area contributed by atoms with Gasteiger partial charge >= 0.3 is 0 Å². The average molecular weight is 221 g/mol. The van der Waals surface area contributed by atoms with E-state index in [4.69, 9.17) is 4.74 Å². The van der Waals surface area contributed by atoms with Gasteiger partial charge in [0.05, 0.1) is 7.11 Å². The van der Waals surface area contributed by atoms with Crippen LogP contribution in [0.2, 0.25) is 0 Å². The van der Waals surface area contributed by atoms with Gasteiger partial charge in [0.2, 0.25) is 0 Å². The van der Waals surface area contributed by atoms with Crippen LogP contribution in [-0.2, 0) is 5.41 Å². The van der Waals surface area contributed by atoms with Crippen LogP contribution in [0.25, 0.3) is 0 Å². The molecule has 0 aliphatic carbocycles. The van der Waals surface area contributed by atoms with Crippen molar-refractivity contribution in [3.63, 3.8) is 0 Å². The first-order chi connectivity index (χ1) is 7.40. The molecule has 1 rings (SSSR count). The van der Waals surface area contributed by atoms with Crippen LogP contribution in [0.3, 0.4) is 0 Å². The lowest BCUT2D eigenvalue weighted by Gasteiger charge is -2.22. The molecule has 0 aromatic heterocycles. The summed E-state index contributed by atoms with van der Waals surface area (Å²) in [6, 6.07) is 5.61. The Morgan fingerprint density at radius 1 is 1.31 bits per heavy atom. The summed E-state index contributed by atoms with van der Waals surface area (Å²) in [5.41, 5.74) is 1.63. The van der Waals surface area contributed by atoms with Crippen molar-refractivity contribution < 1.29 is 9.53 Å². The number of benzene rings is 1. The van der Waals surface area contributed by atoms with E-state index in [0.29, 0.717) is 11.3 Å². The molecule has 0 heterocycles. The molecule has 0 saturated carbocycles. The summed E-state index contributed by atoms with van der Waals surface area (Å²) in [6.45, 7) is 6.25. The van der Waals surface area contributed by atoms with Crippen LogP contribution >= 0.6 is 0 Å². The molecule has 1 aromatic rings. The summed E-state index contributed by atoms with van der Waals surface area (Å²) < 4.78 is 5.14. The van der Waals surface area contributed by atoms with Crippen LogP contribution in [0.4, 0.5) is 0 Å². The molecule has 0 saturated heterocycles. The highest BCUT2D eigenvalue weighted by Crippen LogP contribution is 2.28. The second-order valence-corrected chi connectivity index (χ2v) is 4.74. The normalized spacial score (nSPS) is 11.1. The molecule has 0 fully saturated rings. The Labute approximate surface area is 96.8 Å². The van der Waals surface area contributed by atoms with Crippen LogP contribution in [0.5, 0.6) is 5.75 Å². The van der Waals surface area contributed by atoms with Gasteiger partial charge in [-0.3, -0.25) is 4.79 Å². The van der Waals surface area contributed by atoms with Crippen LogP contribution < -0.4 is 10.1 Å². The topological polar surface area (TPSA) is 38.3 Å². The first kappa shape index (κ1) is 12.6. The van der Waals surface area contributed by atoms with Crippen LogP contribution in [0, 0.1) is 0 Å². The summed E-state index contributed by atoms with van der Waals surface area (Å²) in [6.07, 6.45) is 0. The van der Waals surface area contributed by atoms with E-state index < -0.39 is 0 Å². The molecule has 0 atom stereocenters. The molecule has 3 heteroatoms. The molecule has 1 aromatic carbocycles. The first-order valence-electron chi connectivity index (χ1n) is 5.30. The van der Waals surface area contributed by atoms with Gasteiger partial charge in [0.15, 0.2) is 0 Å². The summed E-state index contributed by atoms with van der Waals surface area (Å²) in [4.78, 5) is 11.8. The number of carbonyl (C=O) groups is 1. The Kier molecular flexibility index (Phi) is 3.58. The second-order valence-electron chi connectivity index (χ2n) is 4.74. The van der Waals surface area contributed by atoms with E-state index in [1.165, 1.54) is 0 Å². The third-order valence-electron chi connectivity index (χ3n) is 2.51. The lowest BCUT2D eigenvalue weighted by atomic mass is 9.83. The number of nitrogens with one attached hydrogen (secondary N) is 1. The monoisotopic (exact) mass is 221 g/mol. The average Bonchev–Trinajstić information content (AvgIpc) is 2.25. The Morgan fingerprint density at radius 2 is 1.94 bits per heavy atom. The van der Waals surface area contributed by atoms with Gasteiger partial charge in [-0.2, -0.15) is 0 Å². The van der Waals surface area contributed by atoms with E-state index in [9.17, 15) is 4.79 Å². The van der Waals surface area contributed by atoms with Crippen molar-refractivity contribution in [3.05, 3.63) is 29.3 Å². The second kappa shape index (κ2) is 4.56. The van der Waals surface area contributed by atoms with Gasteiger partial charge < -0.3 is 10.1 Å². The largest absolute Gasteiger partial charge is 0.497 e. The summed E-state index contributed by atoms with van der Waals surface area (Å²) in [5.74, 6) is 0.621. The predicted molar refractivity (Wildman–Crippen MR) is 65.1 cm³/mol. The molecule has 0 unspecified atom stereocenters. The maximum absolute atomic E-state index is 11.8. The maximum Gasteiger partial charge on any atom is 0.251 e. The molecule has 88 valence electrons.